The van der Waals surface area contributed by atoms with Crippen molar-refractivity contribution in [2.45, 2.75) is 32.2 Å². The van der Waals surface area contributed by atoms with Gasteiger partial charge in [0.2, 0.25) is 5.91 Å². The summed E-state index contributed by atoms with van der Waals surface area (Å²) in [5, 5.41) is 3.22. The molecule has 0 aliphatic carbocycles. The van der Waals surface area contributed by atoms with E-state index in [4.69, 9.17) is 17.0 Å². The summed E-state index contributed by atoms with van der Waals surface area (Å²) >= 11 is 5.69. The Morgan fingerprint density at radius 3 is 2.39 bits per heavy atom. The van der Waals surface area contributed by atoms with Crippen LogP contribution in [0.3, 0.4) is 0 Å². The molecule has 186 valence electrons. The van der Waals surface area contributed by atoms with Crippen LogP contribution in [0, 0.1) is 5.82 Å². The summed E-state index contributed by atoms with van der Waals surface area (Å²) in [6.07, 6.45) is 1.40. The molecule has 1 N–H and O–H groups in total. The molecule has 8 heteroatoms. The summed E-state index contributed by atoms with van der Waals surface area (Å²) in [4.78, 5) is 29.7. The number of ether oxygens (including phenoxy) is 1. The van der Waals surface area contributed by atoms with E-state index in [1.54, 1.807) is 41.3 Å². The summed E-state index contributed by atoms with van der Waals surface area (Å²) in [7, 11) is 0. The number of halogens is 1. The zero-order chi connectivity index (χ0) is 25.5. The minimum atomic E-state index is -0.745. The van der Waals surface area contributed by atoms with Gasteiger partial charge in [-0.25, -0.2) is 4.39 Å². The SMILES string of the molecule is CCCOc1ccc(NC(=O)C[C@@H]2C(=O)N(c3ccccc3)C(=S)N2CCc2ccc(F)cc2)cc1. The van der Waals surface area contributed by atoms with Crippen molar-refractivity contribution in [1.82, 2.24) is 4.90 Å². The molecular weight excluding hydrogens is 477 g/mol. The number of hydrogen-bond donors (Lipinski definition) is 1. The lowest BCUT2D eigenvalue weighted by molar-refractivity contribution is -0.124. The molecule has 0 saturated carbocycles. The number of carbonyl (C=O) groups is 2. The fraction of sp³-hybridized carbons (Fsp3) is 0.250. The van der Waals surface area contributed by atoms with E-state index in [0.29, 0.717) is 36.1 Å². The summed E-state index contributed by atoms with van der Waals surface area (Å²) in [5.41, 5.74) is 2.19. The highest BCUT2D eigenvalue weighted by atomic mass is 32.1. The molecule has 1 heterocycles. The highest BCUT2D eigenvalue weighted by Crippen LogP contribution is 2.28. The molecule has 0 bridgehead atoms. The molecule has 0 aromatic heterocycles. The molecule has 1 atom stereocenters. The van der Waals surface area contributed by atoms with E-state index in [0.717, 1.165) is 17.7 Å². The maximum absolute atomic E-state index is 13.5. The number of para-hydroxylation sites is 1. The van der Waals surface area contributed by atoms with Crippen molar-refractivity contribution in [1.29, 1.82) is 0 Å². The van der Waals surface area contributed by atoms with Crippen molar-refractivity contribution in [3.05, 3.63) is 90.2 Å². The number of hydrogen-bond acceptors (Lipinski definition) is 4. The number of nitrogens with zero attached hydrogens (tertiary/aromatic N) is 2. The smallest absolute Gasteiger partial charge is 0.256 e. The molecule has 2 amide bonds. The maximum Gasteiger partial charge on any atom is 0.256 e. The van der Waals surface area contributed by atoms with Crippen molar-refractivity contribution in [3.63, 3.8) is 0 Å². The van der Waals surface area contributed by atoms with Gasteiger partial charge in [-0.15, -0.1) is 0 Å². The molecule has 1 aliphatic rings. The van der Waals surface area contributed by atoms with E-state index in [-0.39, 0.29) is 24.1 Å². The quantitative estimate of drug-likeness (QED) is 0.385. The monoisotopic (exact) mass is 505 g/mol. The number of amides is 2. The Hall–Kier alpha value is -3.78. The lowest BCUT2D eigenvalue weighted by Crippen LogP contribution is -2.39. The van der Waals surface area contributed by atoms with Crippen LogP contribution in [-0.2, 0) is 16.0 Å². The number of rotatable bonds is 10. The summed E-state index contributed by atoms with van der Waals surface area (Å²) in [5.74, 6) is -0.110. The first kappa shape index (κ1) is 25.3. The van der Waals surface area contributed by atoms with E-state index >= 15 is 0 Å². The van der Waals surface area contributed by atoms with Gasteiger partial charge in [0.15, 0.2) is 5.11 Å². The van der Waals surface area contributed by atoms with E-state index in [9.17, 15) is 14.0 Å². The topological polar surface area (TPSA) is 61.9 Å². The molecule has 4 rings (SSSR count). The average Bonchev–Trinajstić information content (AvgIpc) is 3.12. The zero-order valence-corrected chi connectivity index (χ0v) is 20.8. The third kappa shape index (κ3) is 6.07. The second-order valence-corrected chi connectivity index (χ2v) is 8.87. The van der Waals surface area contributed by atoms with E-state index in [2.05, 4.69) is 5.32 Å². The molecule has 0 unspecified atom stereocenters. The van der Waals surface area contributed by atoms with Crippen LogP contribution < -0.4 is 15.0 Å². The molecule has 1 aliphatic heterocycles. The van der Waals surface area contributed by atoms with Crippen LogP contribution in [-0.4, -0.2) is 41.0 Å². The Balaban J connectivity index is 1.48. The predicted molar refractivity (Wildman–Crippen MR) is 143 cm³/mol. The fourth-order valence-corrected chi connectivity index (χ4v) is 4.46. The summed E-state index contributed by atoms with van der Waals surface area (Å²) in [6, 6.07) is 21.8. The van der Waals surface area contributed by atoms with Gasteiger partial charge in [-0.1, -0.05) is 37.3 Å². The van der Waals surface area contributed by atoms with Gasteiger partial charge in [0, 0.05) is 12.2 Å². The van der Waals surface area contributed by atoms with Crippen molar-refractivity contribution < 1.29 is 18.7 Å². The van der Waals surface area contributed by atoms with Gasteiger partial charge in [0.1, 0.15) is 17.6 Å². The summed E-state index contributed by atoms with van der Waals surface area (Å²) < 4.78 is 18.9. The van der Waals surface area contributed by atoms with E-state index in [1.165, 1.54) is 17.0 Å². The Morgan fingerprint density at radius 2 is 1.72 bits per heavy atom. The number of nitrogens with one attached hydrogen (secondary N) is 1. The number of benzene rings is 3. The Labute approximate surface area is 215 Å². The van der Waals surface area contributed by atoms with Gasteiger partial charge >= 0.3 is 0 Å². The van der Waals surface area contributed by atoms with Gasteiger partial charge in [-0.2, -0.15) is 0 Å². The molecule has 6 nitrogen and oxygen atoms in total. The van der Waals surface area contributed by atoms with Gasteiger partial charge in [0.25, 0.3) is 5.91 Å². The second kappa shape index (κ2) is 11.8. The van der Waals surface area contributed by atoms with Gasteiger partial charge in [0.05, 0.1) is 18.7 Å². The standard InChI is InChI=1S/C28H28FN3O3S/c1-2-18-35-24-14-12-22(13-15-24)30-26(33)19-25-27(34)32(23-6-4-3-5-7-23)28(36)31(25)17-16-20-8-10-21(29)11-9-20/h3-15,25H,2,16-19H2,1H3,(H,30,33)/t25-/m1/s1. The Bertz CT molecular complexity index is 1200. The van der Waals surface area contributed by atoms with Crippen LogP contribution in [0.5, 0.6) is 5.75 Å². The molecule has 0 spiro atoms. The molecule has 0 radical (unpaired) electrons. The molecule has 1 saturated heterocycles. The summed E-state index contributed by atoms with van der Waals surface area (Å²) in [6.45, 7) is 3.08. The molecular formula is C28H28FN3O3S. The van der Waals surface area contributed by atoms with Crippen LogP contribution in [0.2, 0.25) is 0 Å². The minimum absolute atomic E-state index is 0.0557. The van der Waals surface area contributed by atoms with Gasteiger partial charge in [-0.05, 0) is 79.2 Å². The van der Waals surface area contributed by atoms with Crippen LogP contribution in [0.15, 0.2) is 78.9 Å². The first-order chi connectivity index (χ1) is 17.5. The normalized spacial score (nSPS) is 15.3. The van der Waals surface area contributed by atoms with Crippen LogP contribution in [0.25, 0.3) is 0 Å². The average molecular weight is 506 g/mol. The second-order valence-electron chi connectivity index (χ2n) is 8.50. The predicted octanol–water partition coefficient (Wildman–Crippen LogP) is 5.19. The number of anilines is 2. The first-order valence-corrected chi connectivity index (χ1v) is 12.3. The maximum atomic E-state index is 13.5. The number of carbonyl (C=O) groups excluding carboxylic acids is 2. The van der Waals surface area contributed by atoms with Crippen molar-refractivity contribution in [2.75, 3.05) is 23.4 Å². The van der Waals surface area contributed by atoms with Crippen molar-refractivity contribution in [3.8, 4) is 5.75 Å². The largest absolute Gasteiger partial charge is 0.494 e. The lowest BCUT2D eigenvalue weighted by Gasteiger charge is -2.24. The Kier molecular flexibility index (Phi) is 8.28. The third-order valence-electron chi connectivity index (χ3n) is 5.88. The van der Waals surface area contributed by atoms with E-state index < -0.39 is 6.04 Å². The molecule has 3 aromatic rings. The highest BCUT2D eigenvalue weighted by molar-refractivity contribution is 7.80. The lowest BCUT2D eigenvalue weighted by atomic mass is 10.1. The van der Waals surface area contributed by atoms with Crippen LogP contribution >= 0.6 is 12.2 Å². The van der Waals surface area contributed by atoms with Crippen molar-refractivity contribution in [2.24, 2.45) is 0 Å². The molecule has 3 aromatic carbocycles. The number of thiocarbonyl (C=S) groups is 1. The van der Waals surface area contributed by atoms with Crippen LogP contribution in [0.4, 0.5) is 15.8 Å². The Morgan fingerprint density at radius 1 is 1.03 bits per heavy atom. The van der Waals surface area contributed by atoms with Crippen LogP contribution in [0.1, 0.15) is 25.3 Å². The van der Waals surface area contributed by atoms with Gasteiger partial charge < -0.3 is 15.0 Å². The first-order valence-electron chi connectivity index (χ1n) is 11.9. The van der Waals surface area contributed by atoms with Gasteiger partial charge in [-0.3, -0.25) is 14.5 Å². The third-order valence-corrected chi connectivity index (χ3v) is 6.29. The zero-order valence-electron chi connectivity index (χ0n) is 20.0. The molecule has 1 fully saturated rings. The highest BCUT2D eigenvalue weighted by Gasteiger charge is 2.43. The van der Waals surface area contributed by atoms with Crippen molar-refractivity contribution >= 4 is 40.5 Å². The fourth-order valence-electron chi connectivity index (χ4n) is 4.04. The van der Waals surface area contributed by atoms with E-state index in [1.807, 2.05) is 37.3 Å². The minimum Gasteiger partial charge on any atom is -0.494 e. The molecule has 36 heavy (non-hydrogen) atoms.